The maximum atomic E-state index is 12.5. The Morgan fingerprint density at radius 2 is 1.81 bits per heavy atom. The molecule has 2 aliphatic rings. The van der Waals surface area contributed by atoms with Crippen LogP contribution in [0.25, 0.3) is 0 Å². The lowest BCUT2D eigenvalue weighted by atomic mass is 9.99. The molecule has 0 aromatic heterocycles. The second-order valence-electron chi connectivity index (χ2n) is 5.96. The Bertz CT molecular complexity index is 453. The van der Waals surface area contributed by atoms with Gasteiger partial charge < -0.3 is 19.6 Å². The summed E-state index contributed by atoms with van der Waals surface area (Å²) in [4.78, 5) is 38.6. The van der Waals surface area contributed by atoms with E-state index in [4.69, 9.17) is 9.84 Å². The van der Waals surface area contributed by atoms with Crippen LogP contribution in [0.2, 0.25) is 0 Å². The van der Waals surface area contributed by atoms with Crippen LogP contribution in [-0.2, 0) is 14.3 Å². The third-order valence-corrected chi connectivity index (χ3v) is 4.70. The van der Waals surface area contributed by atoms with Gasteiger partial charge in [-0.2, -0.15) is 0 Å². The predicted molar refractivity (Wildman–Crippen MR) is 73.5 cm³/mol. The number of carboxylic acid groups (broad SMARTS) is 1. The zero-order valence-electron chi connectivity index (χ0n) is 12.6. The van der Waals surface area contributed by atoms with E-state index in [1.807, 2.05) is 6.92 Å². The van der Waals surface area contributed by atoms with Crippen LogP contribution >= 0.6 is 0 Å². The minimum absolute atomic E-state index is 0.0505. The van der Waals surface area contributed by atoms with Gasteiger partial charge in [-0.3, -0.25) is 9.59 Å². The number of methoxy groups -OCH3 is 1. The van der Waals surface area contributed by atoms with Crippen LogP contribution in [0.4, 0.5) is 4.79 Å². The Morgan fingerprint density at radius 3 is 2.33 bits per heavy atom. The fourth-order valence-electron chi connectivity index (χ4n) is 3.30. The Labute approximate surface area is 123 Å². The number of hydrogen-bond donors (Lipinski definition) is 1. The fourth-order valence-corrected chi connectivity index (χ4v) is 3.30. The van der Waals surface area contributed by atoms with Crippen LogP contribution in [0.1, 0.15) is 20.3 Å². The van der Waals surface area contributed by atoms with E-state index < -0.39 is 11.9 Å². The number of aliphatic carboxylic acids is 1. The van der Waals surface area contributed by atoms with E-state index in [2.05, 4.69) is 0 Å². The number of likely N-dealkylation sites (tertiary alicyclic amines) is 2. The molecule has 118 valence electrons. The molecule has 0 aromatic carbocycles. The zero-order chi connectivity index (χ0) is 15.7. The van der Waals surface area contributed by atoms with Crippen LogP contribution in [-0.4, -0.2) is 65.7 Å². The molecule has 2 heterocycles. The SMILES string of the molecule is COC(=O)C1CN(C(=O)N2CCC(C(=O)O)C2C)CC1C. The smallest absolute Gasteiger partial charge is 0.320 e. The standard InChI is InChI=1S/C14H22N2O5/c1-8-6-15(7-11(8)13(19)21-3)14(20)16-5-4-10(9(16)2)12(17)18/h8-11H,4-7H2,1-3H3,(H,17,18). The van der Waals surface area contributed by atoms with Gasteiger partial charge in [-0.1, -0.05) is 6.92 Å². The van der Waals surface area contributed by atoms with E-state index in [1.54, 1.807) is 16.7 Å². The van der Waals surface area contributed by atoms with E-state index in [1.165, 1.54) is 7.11 Å². The highest BCUT2D eigenvalue weighted by atomic mass is 16.5. The first-order valence-electron chi connectivity index (χ1n) is 7.23. The molecule has 21 heavy (non-hydrogen) atoms. The maximum absolute atomic E-state index is 12.5. The molecule has 4 atom stereocenters. The number of amides is 2. The quantitative estimate of drug-likeness (QED) is 0.756. The molecule has 0 aliphatic carbocycles. The van der Waals surface area contributed by atoms with Crippen molar-refractivity contribution in [2.75, 3.05) is 26.7 Å². The lowest BCUT2D eigenvalue weighted by Crippen LogP contribution is -2.45. The van der Waals surface area contributed by atoms with E-state index in [0.717, 1.165) is 0 Å². The highest BCUT2D eigenvalue weighted by Gasteiger charge is 2.43. The number of carboxylic acids is 1. The highest BCUT2D eigenvalue weighted by molar-refractivity contribution is 5.80. The summed E-state index contributed by atoms with van der Waals surface area (Å²) in [6.45, 7) is 4.97. The molecule has 7 heteroatoms. The van der Waals surface area contributed by atoms with Crippen LogP contribution in [0.5, 0.6) is 0 Å². The number of nitrogens with zero attached hydrogens (tertiary/aromatic N) is 2. The summed E-state index contributed by atoms with van der Waals surface area (Å²) in [6, 6.07) is -0.494. The Kier molecular flexibility index (Phi) is 4.39. The molecule has 0 radical (unpaired) electrons. The van der Waals surface area contributed by atoms with Crippen molar-refractivity contribution in [2.45, 2.75) is 26.3 Å². The second kappa shape index (κ2) is 5.91. The Morgan fingerprint density at radius 1 is 1.14 bits per heavy atom. The highest BCUT2D eigenvalue weighted by Crippen LogP contribution is 2.29. The van der Waals surface area contributed by atoms with Crippen LogP contribution in [0.15, 0.2) is 0 Å². The molecular formula is C14H22N2O5. The van der Waals surface area contributed by atoms with E-state index in [-0.39, 0.29) is 29.9 Å². The molecule has 2 amide bonds. The van der Waals surface area contributed by atoms with Gasteiger partial charge in [0, 0.05) is 25.7 Å². The van der Waals surface area contributed by atoms with Gasteiger partial charge in [-0.05, 0) is 19.3 Å². The maximum Gasteiger partial charge on any atom is 0.320 e. The van der Waals surface area contributed by atoms with Gasteiger partial charge in [0.2, 0.25) is 0 Å². The van der Waals surface area contributed by atoms with E-state index >= 15 is 0 Å². The number of carbonyl (C=O) groups excluding carboxylic acids is 2. The molecule has 4 unspecified atom stereocenters. The number of rotatable bonds is 2. The van der Waals surface area contributed by atoms with Crippen molar-refractivity contribution in [1.29, 1.82) is 0 Å². The number of hydrogen-bond acceptors (Lipinski definition) is 4. The summed E-state index contributed by atoms with van der Waals surface area (Å²) in [6.07, 6.45) is 0.478. The molecule has 2 fully saturated rings. The summed E-state index contributed by atoms with van der Waals surface area (Å²) in [5.41, 5.74) is 0. The van der Waals surface area contributed by atoms with Gasteiger partial charge in [-0.15, -0.1) is 0 Å². The lowest BCUT2D eigenvalue weighted by Gasteiger charge is -2.28. The number of urea groups is 1. The molecule has 2 rings (SSSR count). The second-order valence-corrected chi connectivity index (χ2v) is 5.96. The van der Waals surface area contributed by atoms with Crippen molar-refractivity contribution in [3.8, 4) is 0 Å². The first kappa shape index (κ1) is 15.6. The van der Waals surface area contributed by atoms with Crippen molar-refractivity contribution < 1.29 is 24.2 Å². The molecule has 2 aliphatic heterocycles. The summed E-state index contributed by atoms with van der Waals surface area (Å²) < 4.78 is 4.76. The van der Waals surface area contributed by atoms with Gasteiger partial charge in [0.05, 0.1) is 18.9 Å². The van der Waals surface area contributed by atoms with Crippen LogP contribution < -0.4 is 0 Å². The normalized spacial score (nSPS) is 32.3. The molecule has 0 saturated carbocycles. The van der Waals surface area contributed by atoms with Crippen LogP contribution in [0.3, 0.4) is 0 Å². The van der Waals surface area contributed by atoms with Gasteiger partial charge in [0.15, 0.2) is 0 Å². The van der Waals surface area contributed by atoms with Crippen LogP contribution in [0, 0.1) is 17.8 Å². The number of carbonyl (C=O) groups is 3. The molecule has 0 bridgehead atoms. The van der Waals surface area contributed by atoms with Crippen molar-refractivity contribution in [1.82, 2.24) is 9.80 Å². The van der Waals surface area contributed by atoms with Gasteiger partial charge in [-0.25, -0.2) is 4.79 Å². The number of esters is 1. The number of ether oxygens (including phenoxy) is 1. The van der Waals surface area contributed by atoms with E-state index in [0.29, 0.717) is 26.1 Å². The van der Waals surface area contributed by atoms with Gasteiger partial charge in [0.25, 0.3) is 0 Å². The largest absolute Gasteiger partial charge is 0.481 e. The Hall–Kier alpha value is -1.79. The fraction of sp³-hybridized carbons (Fsp3) is 0.786. The van der Waals surface area contributed by atoms with Gasteiger partial charge >= 0.3 is 18.0 Å². The van der Waals surface area contributed by atoms with E-state index in [9.17, 15) is 14.4 Å². The third-order valence-electron chi connectivity index (χ3n) is 4.70. The third kappa shape index (κ3) is 2.82. The summed E-state index contributed by atoms with van der Waals surface area (Å²) in [5, 5.41) is 9.12. The summed E-state index contributed by atoms with van der Waals surface area (Å²) in [5.74, 6) is -1.91. The topological polar surface area (TPSA) is 87.2 Å². The molecule has 7 nitrogen and oxygen atoms in total. The zero-order valence-corrected chi connectivity index (χ0v) is 12.6. The minimum atomic E-state index is -0.861. The predicted octanol–water partition coefficient (Wildman–Crippen LogP) is 0.642. The lowest BCUT2D eigenvalue weighted by molar-refractivity contribution is -0.146. The first-order valence-corrected chi connectivity index (χ1v) is 7.23. The van der Waals surface area contributed by atoms with Crippen molar-refractivity contribution in [3.63, 3.8) is 0 Å². The first-order chi connectivity index (χ1) is 9.86. The Balaban J connectivity index is 2.02. The summed E-state index contributed by atoms with van der Waals surface area (Å²) in [7, 11) is 1.35. The monoisotopic (exact) mass is 298 g/mol. The molecule has 2 saturated heterocycles. The molecule has 0 spiro atoms. The van der Waals surface area contributed by atoms with Crippen molar-refractivity contribution >= 4 is 18.0 Å². The van der Waals surface area contributed by atoms with Crippen molar-refractivity contribution in [3.05, 3.63) is 0 Å². The average Bonchev–Trinajstić information content (AvgIpc) is 3.00. The molecule has 1 N–H and O–H groups in total. The molecule has 0 aromatic rings. The molecular weight excluding hydrogens is 276 g/mol. The minimum Gasteiger partial charge on any atom is -0.481 e. The average molecular weight is 298 g/mol. The van der Waals surface area contributed by atoms with Crippen molar-refractivity contribution in [2.24, 2.45) is 17.8 Å². The summed E-state index contributed by atoms with van der Waals surface area (Å²) >= 11 is 0. The van der Waals surface area contributed by atoms with Gasteiger partial charge in [0.1, 0.15) is 0 Å².